The maximum atomic E-state index is 11.6. The molecule has 124 valence electrons. The minimum Gasteiger partial charge on any atom is -0.460 e. The number of ether oxygens (including phenoxy) is 1. The summed E-state index contributed by atoms with van der Waals surface area (Å²) in [5, 5.41) is 7.19. The molecule has 0 aromatic rings. The van der Waals surface area contributed by atoms with Gasteiger partial charge < -0.3 is 15.4 Å². The molecular weight excluding hydrogens is 264 g/mol. The Balaban J connectivity index is 2.03. The molecule has 1 rings (SSSR count). The number of carbonyl (C=O) groups excluding carboxylic acids is 1. The lowest BCUT2D eigenvalue weighted by atomic mass is 9.91. The van der Waals surface area contributed by atoms with Gasteiger partial charge in [0.2, 0.25) is 0 Å². The molecule has 0 aromatic heterocycles. The zero-order chi connectivity index (χ0) is 15.7. The molecule has 0 spiro atoms. The fraction of sp³-hybridized carbons (Fsp3) is 0.941. The van der Waals surface area contributed by atoms with Crippen molar-refractivity contribution in [3.8, 4) is 0 Å². The smallest absolute Gasteiger partial charge is 0.306 e. The van der Waals surface area contributed by atoms with E-state index in [4.69, 9.17) is 4.74 Å². The average Bonchev–Trinajstić information content (AvgIpc) is 2.41. The van der Waals surface area contributed by atoms with Crippen molar-refractivity contribution in [1.82, 2.24) is 10.6 Å². The minimum atomic E-state index is -0.367. The van der Waals surface area contributed by atoms with Crippen molar-refractivity contribution in [3.05, 3.63) is 0 Å². The van der Waals surface area contributed by atoms with Gasteiger partial charge in [-0.1, -0.05) is 6.92 Å². The predicted octanol–water partition coefficient (Wildman–Crippen LogP) is 3.01. The number of hydrogen-bond acceptors (Lipinski definition) is 4. The molecule has 0 bridgehead atoms. The predicted molar refractivity (Wildman–Crippen MR) is 87.4 cm³/mol. The van der Waals surface area contributed by atoms with E-state index in [-0.39, 0.29) is 11.6 Å². The molecule has 1 aliphatic carbocycles. The quantitative estimate of drug-likeness (QED) is 0.534. The lowest BCUT2D eigenvalue weighted by Crippen LogP contribution is -2.40. The minimum absolute atomic E-state index is 0.0863. The van der Waals surface area contributed by atoms with Crippen LogP contribution in [0.2, 0.25) is 0 Å². The van der Waals surface area contributed by atoms with Gasteiger partial charge in [0.25, 0.3) is 0 Å². The Morgan fingerprint density at radius 2 is 1.57 bits per heavy atom. The summed E-state index contributed by atoms with van der Waals surface area (Å²) in [7, 11) is 0. The van der Waals surface area contributed by atoms with Gasteiger partial charge in [-0.2, -0.15) is 0 Å². The first-order chi connectivity index (χ1) is 9.90. The summed E-state index contributed by atoms with van der Waals surface area (Å²) in [6, 6.07) is 1.34. The highest BCUT2D eigenvalue weighted by molar-refractivity contribution is 5.69. The molecule has 21 heavy (non-hydrogen) atoms. The summed E-state index contributed by atoms with van der Waals surface area (Å²) in [6.45, 7) is 10.00. The van der Waals surface area contributed by atoms with Crippen LogP contribution >= 0.6 is 0 Å². The second-order valence-corrected chi connectivity index (χ2v) is 7.15. The van der Waals surface area contributed by atoms with E-state index in [9.17, 15) is 4.79 Å². The van der Waals surface area contributed by atoms with Crippen molar-refractivity contribution in [3.63, 3.8) is 0 Å². The van der Waals surface area contributed by atoms with Crippen LogP contribution in [0.3, 0.4) is 0 Å². The molecule has 0 amide bonds. The molecular formula is C17H34N2O2. The maximum Gasteiger partial charge on any atom is 0.306 e. The van der Waals surface area contributed by atoms with Crippen molar-refractivity contribution in [2.24, 2.45) is 0 Å². The number of carbonyl (C=O) groups is 1. The molecule has 1 aliphatic rings. The first kappa shape index (κ1) is 18.4. The zero-order valence-electron chi connectivity index (χ0n) is 14.3. The number of nitrogens with one attached hydrogen (secondary N) is 2. The largest absolute Gasteiger partial charge is 0.460 e. The van der Waals surface area contributed by atoms with Crippen molar-refractivity contribution in [2.75, 3.05) is 13.1 Å². The summed E-state index contributed by atoms with van der Waals surface area (Å²) in [5.74, 6) is -0.0863. The third-order valence-corrected chi connectivity index (χ3v) is 3.82. The third kappa shape index (κ3) is 9.10. The van der Waals surface area contributed by atoms with Crippen LogP contribution < -0.4 is 10.6 Å². The zero-order valence-corrected chi connectivity index (χ0v) is 14.3. The van der Waals surface area contributed by atoms with Crippen LogP contribution in [-0.2, 0) is 9.53 Å². The van der Waals surface area contributed by atoms with Crippen molar-refractivity contribution in [2.45, 2.75) is 90.3 Å². The van der Waals surface area contributed by atoms with Crippen molar-refractivity contribution in [1.29, 1.82) is 0 Å². The number of rotatable bonds is 8. The first-order valence-corrected chi connectivity index (χ1v) is 8.59. The van der Waals surface area contributed by atoms with Crippen LogP contribution in [0.4, 0.5) is 0 Å². The lowest BCUT2D eigenvalue weighted by molar-refractivity contribution is -0.154. The van der Waals surface area contributed by atoms with Crippen LogP contribution in [-0.4, -0.2) is 36.7 Å². The van der Waals surface area contributed by atoms with E-state index in [2.05, 4.69) is 17.6 Å². The van der Waals surface area contributed by atoms with E-state index in [0.717, 1.165) is 19.5 Å². The maximum absolute atomic E-state index is 11.6. The Morgan fingerprint density at radius 3 is 2.05 bits per heavy atom. The SMILES string of the molecule is CCCNC1CCC(NCCCC(=O)OC(C)(C)C)CC1. The van der Waals surface area contributed by atoms with Crippen molar-refractivity contribution < 1.29 is 9.53 Å². The molecule has 0 unspecified atom stereocenters. The fourth-order valence-electron chi connectivity index (χ4n) is 2.78. The average molecular weight is 298 g/mol. The van der Waals surface area contributed by atoms with Gasteiger partial charge >= 0.3 is 5.97 Å². The molecule has 4 nitrogen and oxygen atoms in total. The molecule has 0 atom stereocenters. The van der Waals surface area contributed by atoms with Crippen molar-refractivity contribution >= 4 is 5.97 Å². The fourth-order valence-corrected chi connectivity index (χ4v) is 2.78. The van der Waals surface area contributed by atoms with Gasteiger partial charge in [-0.25, -0.2) is 0 Å². The van der Waals surface area contributed by atoms with E-state index in [1.807, 2.05) is 20.8 Å². The topological polar surface area (TPSA) is 50.4 Å². The summed E-state index contributed by atoms with van der Waals surface area (Å²) in [6.07, 6.45) is 7.61. The summed E-state index contributed by atoms with van der Waals surface area (Å²) >= 11 is 0. The molecule has 0 saturated heterocycles. The van der Waals surface area contributed by atoms with E-state index in [1.165, 1.54) is 32.1 Å². The van der Waals surface area contributed by atoms with E-state index in [0.29, 0.717) is 18.5 Å². The Labute approximate surface area is 130 Å². The van der Waals surface area contributed by atoms with Crippen LogP contribution in [0.25, 0.3) is 0 Å². The number of esters is 1. The Hall–Kier alpha value is -0.610. The molecule has 4 heteroatoms. The Morgan fingerprint density at radius 1 is 1.05 bits per heavy atom. The first-order valence-electron chi connectivity index (χ1n) is 8.59. The van der Waals surface area contributed by atoms with Gasteiger partial charge in [-0.3, -0.25) is 4.79 Å². The molecule has 1 saturated carbocycles. The van der Waals surface area contributed by atoms with Crippen LogP contribution in [0.1, 0.15) is 72.6 Å². The van der Waals surface area contributed by atoms with Crippen LogP contribution in [0, 0.1) is 0 Å². The molecule has 1 fully saturated rings. The molecule has 0 heterocycles. The van der Waals surface area contributed by atoms with Gasteiger partial charge in [-0.05, 0) is 72.4 Å². The monoisotopic (exact) mass is 298 g/mol. The highest BCUT2D eigenvalue weighted by Gasteiger charge is 2.20. The lowest BCUT2D eigenvalue weighted by Gasteiger charge is -2.30. The van der Waals surface area contributed by atoms with E-state index >= 15 is 0 Å². The second-order valence-electron chi connectivity index (χ2n) is 7.15. The summed E-state index contributed by atoms with van der Waals surface area (Å²) in [4.78, 5) is 11.6. The summed E-state index contributed by atoms with van der Waals surface area (Å²) in [5.41, 5.74) is -0.367. The van der Waals surface area contributed by atoms with Crippen LogP contribution in [0.15, 0.2) is 0 Å². The highest BCUT2D eigenvalue weighted by Crippen LogP contribution is 2.18. The molecule has 0 aromatic carbocycles. The standard InChI is InChI=1S/C17H34N2O2/c1-5-12-18-14-8-10-15(11-9-14)19-13-6-7-16(20)21-17(2,3)4/h14-15,18-19H,5-13H2,1-4H3. The third-order valence-electron chi connectivity index (χ3n) is 3.82. The van der Waals surface area contributed by atoms with E-state index < -0.39 is 0 Å². The second kappa shape index (κ2) is 9.42. The Bertz CT molecular complexity index is 292. The van der Waals surface area contributed by atoms with Gasteiger partial charge in [0.15, 0.2) is 0 Å². The van der Waals surface area contributed by atoms with Gasteiger partial charge in [0.05, 0.1) is 0 Å². The van der Waals surface area contributed by atoms with Crippen LogP contribution in [0.5, 0.6) is 0 Å². The molecule has 0 radical (unpaired) electrons. The highest BCUT2D eigenvalue weighted by atomic mass is 16.6. The number of hydrogen-bond donors (Lipinski definition) is 2. The van der Waals surface area contributed by atoms with Gasteiger partial charge in [-0.15, -0.1) is 0 Å². The Kier molecular flexibility index (Phi) is 8.27. The normalized spacial score (nSPS) is 23.0. The summed E-state index contributed by atoms with van der Waals surface area (Å²) < 4.78 is 5.31. The van der Waals surface area contributed by atoms with E-state index in [1.54, 1.807) is 0 Å². The molecule has 0 aliphatic heterocycles. The van der Waals surface area contributed by atoms with Gasteiger partial charge in [0.1, 0.15) is 5.60 Å². The van der Waals surface area contributed by atoms with Gasteiger partial charge in [0, 0.05) is 18.5 Å². The molecule has 2 N–H and O–H groups in total.